The summed E-state index contributed by atoms with van der Waals surface area (Å²) < 4.78 is 34.5. The van der Waals surface area contributed by atoms with Gasteiger partial charge in [-0.15, -0.1) is 0 Å². The summed E-state index contributed by atoms with van der Waals surface area (Å²) in [5.74, 6) is 0.706. The zero-order valence-corrected chi connectivity index (χ0v) is 12.2. The van der Waals surface area contributed by atoms with Crippen molar-refractivity contribution >= 4 is 0 Å². The summed E-state index contributed by atoms with van der Waals surface area (Å²) in [5.41, 5.74) is 1.51. The van der Waals surface area contributed by atoms with Crippen LogP contribution in [0.2, 0.25) is 0 Å². The molecule has 24 heavy (non-hydrogen) atoms. The Hall–Kier alpha value is -3.34. The Morgan fingerprint density at radius 1 is 1.21 bits per heavy atom. The Morgan fingerprint density at radius 3 is 2.71 bits per heavy atom. The third-order valence-corrected chi connectivity index (χ3v) is 3.02. The van der Waals surface area contributed by atoms with Crippen molar-refractivity contribution in [3.05, 3.63) is 48.2 Å². The van der Waals surface area contributed by atoms with E-state index in [-0.39, 0.29) is 17.5 Å². The van der Waals surface area contributed by atoms with Gasteiger partial charge < -0.3 is 9.26 Å². The quantitative estimate of drug-likeness (QED) is 0.714. The molecule has 2 aromatic heterocycles. The molecular weight excluding hydrogens is 318 g/mol. The second-order valence-corrected chi connectivity index (χ2v) is 4.69. The molecule has 0 spiro atoms. The van der Waals surface area contributed by atoms with Crippen molar-refractivity contribution in [1.82, 2.24) is 15.1 Å². The van der Waals surface area contributed by atoms with Gasteiger partial charge in [0, 0.05) is 17.8 Å². The molecule has 8 heteroatoms. The molecule has 0 saturated heterocycles. The van der Waals surface area contributed by atoms with Crippen LogP contribution in [0, 0.1) is 11.3 Å². The highest BCUT2D eigenvalue weighted by Gasteiger charge is 2.13. The summed E-state index contributed by atoms with van der Waals surface area (Å²) in [6.45, 7) is -0.702. The maximum atomic E-state index is 12.2. The van der Waals surface area contributed by atoms with Gasteiger partial charge in [0.15, 0.2) is 0 Å². The summed E-state index contributed by atoms with van der Waals surface area (Å²) in [5, 5.41) is 12.6. The lowest BCUT2D eigenvalue weighted by Crippen LogP contribution is -2.07. The first-order valence-corrected chi connectivity index (χ1v) is 6.87. The minimum Gasteiger partial charge on any atom is -0.488 e. The van der Waals surface area contributed by atoms with E-state index in [1.807, 2.05) is 6.07 Å². The Labute approximate surface area is 135 Å². The maximum absolute atomic E-state index is 12.2. The first-order chi connectivity index (χ1) is 11.7. The Bertz CT molecular complexity index is 872. The molecule has 0 atom stereocenters. The van der Waals surface area contributed by atoms with Gasteiger partial charge >= 0.3 is 0 Å². The van der Waals surface area contributed by atoms with E-state index in [9.17, 15) is 8.78 Å². The molecule has 1 aromatic carbocycles. The Morgan fingerprint density at radius 2 is 2.00 bits per heavy atom. The molecule has 120 valence electrons. The molecular formula is C16H10F2N4O2. The number of hydrogen-bond donors (Lipinski definition) is 0. The number of benzene rings is 1. The summed E-state index contributed by atoms with van der Waals surface area (Å²) in [6.07, 6.45) is -1.15. The van der Waals surface area contributed by atoms with Crippen molar-refractivity contribution in [3.8, 4) is 34.8 Å². The smallest absolute Gasteiger partial charge is 0.272 e. The second kappa shape index (κ2) is 6.83. The van der Waals surface area contributed by atoms with Crippen LogP contribution in [0.1, 0.15) is 5.56 Å². The molecule has 0 unspecified atom stereocenters. The zero-order chi connectivity index (χ0) is 16.9. The van der Waals surface area contributed by atoms with Crippen LogP contribution >= 0.6 is 0 Å². The number of nitrogens with zero attached hydrogens (tertiary/aromatic N) is 4. The number of alkyl halides is 2. The van der Waals surface area contributed by atoms with Gasteiger partial charge in [-0.1, -0.05) is 5.16 Å². The number of hydrogen-bond acceptors (Lipinski definition) is 6. The van der Waals surface area contributed by atoms with Gasteiger partial charge in [-0.05, 0) is 30.3 Å². The second-order valence-electron chi connectivity index (χ2n) is 4.69. The molecule has 0 fully saturated rings. The molecule has 0 bridgehead atoms. The molecule has 0 radical (unpaired) electrons. The van der Waals surface area contributed by atoms with Crippen molar-refractivity contribution in [2.24, 2.45) is 0 Å². The van der Waals surface area contributed by atoms with E-state index in [0.717, 1.165) is 0 Å². The first-order valence-electron chi connectivity index (χ1n) is 6.87. The van der Waals surface area contributed by atoms with Crippen LogP contribution in [0.15, 0.2) is 47.1 Å². The minimum absolute atomic E-state index is 0.205. The number of pyridine rings is 1. The van der Waals surface area contributed by atoms with Gasteiger partial charge in [-0.25, -0.2) is 8.78 Å². The molecule has 0 aliphatic heterocycles. The van der Waals surface area contributed by atoms with E-state index in [4.69, 9.17) is 14.5 Å². The van der Waals surface area contributed by atoms with Gasteiger partial charge in [0.25, 0.3) is 12.3 Å². The molecule has 0 aliphatic carbocycles. The van der Waals surface area contributed by atoms with Crippen molar-refractivity contribution < 1.29 is 18.0 Å². The Balaban J connectivity index is 1.82. The van der Waals surface area contributed by atoms with E-state index in [1.54, 1.807) is 24.3 Å². The Kier molecular flexibility index (Phi) is 4.43. The number of nitriles is 1. The van der Waals surface area contributed by atoms with Crippen LogP contribution in [0.25, 0.3) is 23.0 Å². The fraction of sp³-hybridized carbons (Fsp3) is 0.125. The molecule has 0 aliphatic rings. The summed E-state index contributed by atoms with van der Waals surface area (Å²) in [6, 6.07) is 11.6. The molecule has 0 amide bonds. The fourth-order valence-electron chi connectivity index (χ4n) is 1.91. The minimum atomic E-state index is -2.56. The van der Waals surface area contributed by atoms with Crippen LogP contribution in [0.5, 0.6) is 5.75 Å². The van der Waals surface area contributed by atoms with Crippen molar-refractivity contribution in [1.29, 1.82) is 5.26 Å². The lowest BCUT2D eigenvalue weighted by molar-refractivity contribution is 0.0819. The average molecular weight is 328 g/mol. The first kappa shape index (κ1) is 15.6. The third-order valence-electron chi connectivity index (χ3n) is 3.02. The van der Waals surface area contributed by atoms with Crippen LogP contribution < -0.4 is 4.74 Å². The molecule has 0 saturated carbocycles. The molecule has 6 nitrogen and oxygen atoms in total. The monoisotopic (exact) mass is 328 g/mol. The fourth-order valence-corrected chi connectivity index (χ4v) is 1.91. The highest BCUT2D eigenvalue weighted by Crippen LogP contribution is 2.23. The predicted octanol–water partition coefficient (Wildman–Crippen LogP) is 3.31. The summed E-state index contributed by atoms with van der Waals surface area (Å²) in [7, 11) is 0. The average Bonchev–Trinajstić information content (AvgIpc) is 3.10. The molecule has 3 rings (SSSR count). The van der Waals surface area contributed by atoms with Crippen molar-refractivity contribution in [2.45, 2.75) is 6.43 Å². The highest BCUT2D eigenvalue weighted by molar-refractivity contribution is 5.59. The number of halogens is 2. The maximum Gasteiger partial charge on any atom is 0.272 e. The summed E-state index contributed by atoms with van der Waals surface area (Å²) in [4.78, 5) is 8.29. The molecule has 0 N–H and O–H groups in total. The van der Waals surface area contributed by atoms with Crippen molar-refractivity contribution in [2.75, 3.05) is 6.61 Å². The van der Waals surface area contributed by atoms with Crippen LogP contribution in [-0.2, 0) is 0 Å². The zero-order valence-electron chi connectivity index (χ0n) is 12.2. The van der Waals surface area contributed by atoms with E-state index >= 15 is 0 Å². The van der Waals surface area contributed by atoms with Gasteiger partial charge in [0.1, 0.15) is 18.1 Å². The van der Waals surface area contributed by atoms with Gasteiger partial charge in [-0.3, -0.25) is 4.98 Å². The summed E-state index contributed by atoms with van der Waals surface area (Å²) >= 11 is 0. The SMILES string of the molecule is N#Cc1ccc(-c2nc(-c3cc(OCC(F)F)ccn3)no2)cc1. The number of ether oxygens (including phenoxy) is 1. The lowest BCUT2D eigenvalue weighted by atomic mass is 10.1. The largest absolute Gasteiger partial charge is 0.488 e. The highest BCUT2D eigenvalue weighted by atomic mass is 19.3. The standard InChI is InChI=1S/C16H10F2N4O2/c17-14(18)9-23-12-5-6-20-13(7-12)15-21-16(24-22-15)11-3-1-10(8-19)2-4-11/h1-7,14H,9H2. The normalized spacial score (nSPS) is 10.6. The lowest BCUT2D eigenvalue weighted by Gasteiger charge is -2.05. The topological polar surface area (TPSA) is 84.8 Å². The molecule has 2 heterocycles. The third kappa shape index (κ3) is 3.52. The predicted molar refractivity (Wildman–Crippen MR) is 79.2 cm³/mol. The molecule has 3 aromatic rings. The van der Waals surface area contributed by atoms with E-state index < -0.39 is 13.0 Å². The van der Waals surface area contributed by atoms with E-state index in [2.05, 4.69) is 15.1 Å². The van der Waals surface area contributed by atoms with Crippen LogP contribution in [0.3, 0.4) is 0 Å². The van der Waals surface area contributed by atoms with Crippen LogP contribution in [0.4, 0.5) is 8.78 Å². The number of rotatable bonds is 5. The van der Waals surface area contributed by atoms with E-state index in [1.165, 1.54) is 18.3 Å². The van der Waals surface area contributed by atoms with Crippen molar-refractivity contribution in [3.63, 3.8) is 0 Å². The van der Waals surface area contributed by atoms with Gasteiger partial charge in [0.2, 0.25) is 5.82 Å². The van der Waals surface area contributed by atoms with Crippen LogP contribution in [-0.4, -0.2) is 28.2 Å². The van der Waals surface area contributed by atoms with E-state index in [0.29, 0.717) is 16.8 Å². The van der Waals surface area contributed by atoms with Gasteiger partial charge in [0.05, 0.1) is 11.6 Å². The van der Waals surface area contributed by atoms with Gasteiger partial charge in [-0.2, -0.15) is 10.2 Å². The number of aromatic nitrogens is 3.